The predicted molar refractivity (Wildman–Crippen MR) is 98.1 cm³/mol. The maximum Gasteiger partial charge on any atom is 0.325 e. The van der Waals surface area contributed by atoms with Crippen LogP contribution in [0.3, 0.4) is 0 Å². The topological polar surface area (TPSA) is 79.0 Å². The van der Waals surface area contributed by atoms with E-state index < -0.39 is 11.6 Å². The van der Waals surface area contributed by atoms with Crippen molar-refractivity contribution in [1.82, 2.24) is 15.1 Å². The molecule has 0 aromatic heterocycles. The van der Waals surface area contributed by atoms with Gasteiger partial charge in [-0.15, -0.1) is 0 Å². The highest BCUT2D eigenvalue weighted by Gasteiger charge is 2.55. The second-order valence-corrected chi connectivity index (χ2v) is 7.75. The molecule has 3 aliphatic heterocycles. The minimum atomic E-state index is -1.13. The molecule has 1 aromatic carbocycles. The molecule has 2 fully saturated rings. The van der Waals surface area contributed by atoms with Crippen LogP contribution in [0.25, 0.3) is 0 Å². The highest BCUT2D eigenvalue weighted by Crippen LogP contribution is 2.41. The summed E-state index contributed by atoms with van der Waals surface area (Å²) in [5.41, 5.74) is -0.477. The average Bonchev–Trinajstić information content (AvgIpc) is 2.87. The molecular weight excluding hydrogens is 346 g/mol. The van der Waals surface area contributed by atoms with Crippen LogP contribution in [0.15, 0.2) is 24.3 Å². The Balaban J connectivity index is 1.59. The Kier molecular flexibility index (Phi) is 4.32. The van der Waals surface area contributed by atoms with Gasteiger partial charge in [-0.2, -0.15) is 0 Å². The van der Waals surface area contributed by atoms with E-state index in [0.717, 1.165) is 24.2 Å². The number of para-hydroxylation sites is 1. The van der Waals surface area contributed by atoms with Crippen LogP contribution < -0.4 is 10.1 Å². The summed E-state index contributed by atoms with van der Waals surface area (Å²) in [5.74, 6) is 0.0633. The van der Waals surface area contributed by atoms with Crippen molar-refractivity contribution in [1.29, 1.82) is 0 Å². The highest BCUT2D eigenvalue weighted by molar-refractivity contribution is 6.09. The van der Waals surface area contributed by atoms with Crippen LogP contribution in [0.5, 0.6) is 5.75 Å². The number of piperidine rings is 1. The van der Waals surface area contributed by atoms with Crippen molar-refractivity contribution in [2.24, 2.45) is 0 Å². The number of hydrogen-bond donors (Lipinski definition) is 1. The molecule has 4 rings (SSSR count). The summed E-state index contributed by atoms with van der Waals surface area (Å²) in [6.45, 7) is 4.17. The standard InChI is InChI=1S/C20H25N3O4/c1-13-6-5-7-14(2)23(13)17(24)12-22-18(25)20(21-19(22)26)10-11-27-16-9-4-3-8-15(16)20/h3-4,8-9,13-14H,5-7,10-12H2,1-2H3,(H,21,26)/t13-,14+,20-/m1/s1. The molecule has 0 bridgehead atoms. The number of fused-ring (bicyclic) bond motifs is 2. The lowest BCUT2D eigenvalue weighted by Crippen LogP contribution is -2.52. The maximum absolute atomic E-state index is 13.3. The van der Waals surface area contributed by atoms with Gasteiger partial charge in [0.2, 0.25) is 5.91 Å². The van der Waals surface area contributed by atoms with Crippen LogP contribution in [0.2, 0.25) is 0 Å². The molecule has 0 unspecified atom stereocenters. The van der Waals surface area contributed by atoms with E-state index in [1.165, 1.54) is 0 Å². The van der Waals surface area contributed by atoms with Gasteiger partial charge in [0.25, 0.3) is 5.91 Å². The zero-order valence-corrected chi connectivity index (χ0v) is 15.7. The second kappa shape index (κ2) is 6.55. The first-order valence-electron chi connectivity index (χ1n) is 9.61. The van der Waals surface area contributed by atoms with E-state index >= 15 is 0 Å². The number of benzene rings is 1. The fraction of sp³-hybridized carbons (Fsp3) is 0.550. The Morgan fingerprint density at radius 2 is 1.93 bits per heavy atom. The van der Waals surface area contributed by atoms with E-state index in [-0.39, 0.29) is 30.4 Å². The molecule has 4 amide bonds. The van der Waals surface area contributed by atoms with Gasteiger partial charge in [0, 0.05) is 24.1 Å². The molecule has 1 spiro atoms. The predicted octanol–water partition coefficient (Wildman–Crippen LogP) is 2.01. The second-order valence-electron chi connectivity index (χ2n) is 7.75. The Morgan fingerprint density at radius 3 is 2.67 bits per heavy atom. The minimum Gasteiger partial charge on any atom is -0.493 e. The number of nitrogens with one attached hydrogen (secondary N) is 1. The number of carbonyl (C=O) groups excluding carboxylic acids is 3. The van der Waals surface area contributed by atoms with Crippen molar-refractivity contribution < 1.29 is 19.1 Å². The van der Waals surface area contributed by atoms with Gasteiger partial charge in [-0.25, -0.2) is 4.79 Å². The molecule has 7 nitrogen and oxygen atoms in total. The number of rotatable bonds is 2. The van der Waals surface area contributed by atoms with Gasteiger partial charge in [0.1, 0.15) is 12.3 Å². The molecule has 2 saturated heterocycles. The molecule has 0 aliphatic carbocycles. The highest BCUT2D eigenvalue weighted by atomic mass is 16.5. The van der Waals surface area contributed by atoms with Gasteiger partial charge >= 0.3 is 6.03 Å². The molecule has 3 heterocycles. The van der Waals surface area contributed by atoms with Crippen LogP contribution >= 0.6 is 0 Å². The van der Waals surface area contributed by atoms with E-state index in [4.69, 9.17) is 4.74 Å². The molecule has 0 saturated carbocycles. The fourth-order valence-electron chi connectivity index (χ4n) is 4.65. The number of nitrogens with zero attached hydrogens (tertiary/aromatic N) is 2. The lowest BCUT2D eigenvalue weighted by molar-refractivity contribution is -0.143. The van der Waals surface area contributed by atoms with Crippen molar-refractivity contribution in [2.45, 2.75) is 57.2 Å². The largest absolute Gasteiger partial charge is 0.493 e. The fourth-order valence-corrected chi connectivity index (χ4v) is 4.65. The Morgan fingerprint density at radius 1 is 1.22 bits per heavy atom. The third kappa shape index (κ3) is 2.76. The summed E-state index contributed by atoms with van der Waals surface area (Å²) < 4.78 is 5.64. The van der Waals surface area contributed by atoms with E-state index in [1.807, 2.05) is 30.9 Å². The normalized spacial score (nSPS) is 30.1. The SMILES string of the molecule is C[C@@H]1CCC[C@H](C)N1C(=O)CN1C(=O)N[C@@]2(CCOc3ccccc32)C1=O. The molecule has 7 heteroatoms. The summed E-state index contributed by atoms with van der Waals surface area (Å²) in [6, 6.07) is 6.98. The number of hydrogen-bond acceptors (Lipinski definition) is 4. The van der Waals surface area contributed by atoms with E-state index in [0.29, 0.717) is 24.3 Å². The molecule has 1 N–H and O–H groups in total. The van der Waals surface area contributed by atoms with Crippen molar-refractivity contribution in [3.8, 4) is 5.75 Å². The summed E-state index contributed by atoms with van der Waals surface area (Å²) in [5, 5.41) is 2.84. The van der Waals surface area contributed by atoms with Crippen LogP contribution in [-0.4, -0.2) is 52.9 Å². The lowest BCUT2D eigenvalue weighted by atomic mass is 9.84. The Bertz CT molecular complexity index is 785. The van der Waals surface area contributed by atoms with Gasteiger partial charge in [-0.1, -0.05) is 18.2 Å². The third-order valence-corrected chi connectivity index (χ3v) is 6.03. The van der Waals surface area contributed by atoms with Crippen LogP contribution in [0.4, 0.5) is 4.79 Å². The van der Waals surface area contributed by atoms with Gasteiger partial charge in [0.05, 0.1) is 6.61 Å². The monoisotopic (exact) mass is 371 g/mol. The average molecular weight is 371 g/mol. The Labute approximate surface area is 158 Å². The van der Waals surface area contributed by atoms with E-state index in [9.17, 15) is 14.4 Å². The quantitative estimate of drug-likeness (QED) is 0.807. The van der Waals surface area contributed by atoms with Gasteiger partial charge in [0.15, 0.2) is 5.54 Å². The van der Waals surface area contributed by atoms with E-state index in [2.05, 4.69) is 5.32 Å². The van der Waals surface area contributed by atoms with Crippen LogP contribution in [0.1, 0.15) is 45.1 Å². The van der Waals surface area contributed by atoms with Crippen molar-refractivity contribution in [3.63, 3.8) is 0 Å². The number of ether oxygens (including phenoxy) is 1. The van der Waals surface area contributed by atoms with Crippen LogP contribution in [-0.2, 0) is 15.1 Å². The molecular formula is C20H25N3O4. The molecule has 27 heavy (non-hydrogen) atoms. The van der Waals surface area contributed by atoms with Crippen molar-refractivity contribution >= 4 is 17.8 Å². The third-order valence-electron chi connectivity index (χ3n) is 6.03. The number of likely N-dealkylation sites (tertiary alicyclic amines) is 1. The van der Waals surface area contributed by atoms with E-state index in [1.54, 1.807) is 12.1 Å². The van der Waals surface area contributed by atoms with Crippen LogP contribution in [0, 0.1) is 0 Å². The van der Waals surface area contributed by atoms with Gasteiger partial charge in [-0.3, -0.25) is 14.5 Å². The zero-order chi connectivity index (χ0) is 19.2. The lowest BCUT2D eigenvalue weighted by Gasteiger charge is -2.39. The first kappa shape index (κ1) is 17.8. The number of urea groups is 1. The van der Waals surface area contributed by atoms with Gasteiger partial charge in [-0.05, 0) is 39.2 Å². The molecule has 0 radical (unpaired) electrons. The first-order valence-corrected chi connectivity index (χ1v) is 9.61. The molecule has 1 aromatic rings. The zero-order valence-electron chi connectivity index (χ0n) is 15.7. The first-order chi connectivity index (χ1) is 12.9. The van der Waals surface area contributed by atoms with Gasteiger partial charge < -0.3 is 15.0 Å². The number of imide groups is 1. The summed E-state index contributed by atoms with van der Waals surface area (Å²) in [6.07, 6.45) is 3.35. The molecule has 3 atom stereocenters. The maximum atomic E-state index is 13.3. The summed E-state index contributed by atoms with van der Waals surface area (Å²) >= 11 is 0. The minimum absolute atomic E-state index is 0.125. The smallest absolute Gasteiger partial charge is 0.325 e. The summed E-state index contributed by atoms with van der Waals surface area (Å²) in [7, 11) is 0. The van der Waals surface area contributed by atoms with Crippen molar-refractivity contribution in [2.75, 3.05) is 13.2 Å². The number of carbonyl (C=O) groups is 3. The summed E-state index contributed by atoms with van der Waals surface area (Å²) in [4.78, 5) is 41.7. The molecule has 3 aliphatic rings. The van der Waals surface area contributed by atoms with Crippen molar-refractivity contribution in [3.05, 3.63) is 29.8 Å². The Hall–Kier alpha value is -2.57. The molecule has 144 valence electrons. The number of amides is 4.